The minimum atomic E-state index is -4.74. The van der Waals surface area contributed by atoms with E-state index in [2.05, 4.69) is 0 Å². The molecule has 3 heterocycles. The molecular weight excluding hydrogens is 465 g/mol. The molecular formula is C24H31F3N4O4. The van der Waals surface area contributed by atoms with Gasteiger partial charge in [-0.15, -0.1) is 0 Å². The molecule has 3 fully saturated rings. The number of piperidine rings is 1. The lowest BCUT2D eigenvalue weighted by Crippen LogP contribution is -2.61. The number of ether oxygens (including phenoxy) is 1. The van der Waals surface area contributed by atoms with Gasteiger partial charge in [0.15, 0.2) is 6.04 Å². The van der Waals surface area contributed by atoms with Gasteiger partial charge < -0.3 is 19.9 Å². The van der Waals surface area contributed by atoms with Crippen molar-refractivity contribution >= 4 is 17.7 Å². The van der Waals surface area contributed by atoms with Crippen LogP contribution >= 0.6 is 0 Å². The van der Waals surface area contributed by atoms with E-state index in [1.165, 1.54) is 29.2 Å². The number of nitrogens with one attached hydrogen (secondary N) is 1. The van der Waals surface area contributed by atoms with Crippen molar-refractivity contribution < 1.29 is 32.3 Å². The largest absolute Gasteiger partial charge is 0.412 e. The third-order valence-corrected chi connectivity index (χ3v) is 7.05. The summed E-state index contributed by atoms with van der Waals surface area (Å²) in [6, 6.07) is 4.62. The molecule has 3 aliphatic rings. The summed E-state index contributed by atoms with van der Waals surface area (Å²) in [6.07, 6.45) is -1.45. The quantitative estimate of drug-likeness (QED) is 0.642. The van der Waals surface area contributed by atoms with Gasteiger partial charge >= 0.3 is 18.0 Å². The van der Waals surface area contributed by atoms with E-state index >= 15 is 0 Å². The molecule has 0 spiro atoms. The summed E-state index contributed by atoms with van der Waals surface area (Å²) in [4.78, 5) is 43.5. The van der Waals surface area contributed by atoms with Crippen LogP contribution in [0.25, 0.3) is 0 Å². The number of halogens is 3. The fraction of sp³-hybridized carbons (Fsp3) is 0.625. The number of alkyl halides is 3. The van der Waals surface area contributed by atoms with Crippen LogP contribution < -0.4 is 5.32 Å². The molecule has 4 rings (SSSR count). The van der Waals surface area contributed by atoms with Crippen molar-refractivity contribution in [3.63, 3.8) is 0 Å². The molecule has 1 N–H and O–H groups in total. The van der Waals surface area contributed by atoms with E-state index in [1.54, 1.807) is 6.07 Å². The minimum absolute atomic E-state index is 0.0940. The Morgan fingerprint density at radius 2 is 1.63 bits per heavy atom. The summed E-state index contributed by atoms with van der Waals surface area (Å²) < 4.78 is 46.0. The van der Waals surface area contributed by atoms with Gasteiger partial charge in [-0.3, -0.25) is 19.3 Å². The maximum atomic E-state index is 13.5. The highest BCUT2D eigenvalue weighted by molar-refractivity contribution is 6.35. The second-order valence-corrected chi connectivity index (χ2v) is 9.22. The second-order valence-electron chi connectivity index (χ2n) is 9.22. The zero-order chi connectivity index (χ0) is 25.0. The van der Waals surface area contributed by atoms with Gasteiger partial charge in [-0.2, -0.15) is 13.2 Å². The SMILES string of the molecule is O=C(NC(c1ccccc1)C(F)(F)F)C(=O)N1CCN(C2CCCN(C3CCOCC3)C2=O)CC1. The second kappa shape index (κ2) is 10.9. The Kier molecular flexibility index (Phi) is 7.95. The van der Waals surface area contributed by atoms with Gasteiger partial charge in [-0.1, -0.05) is 30.3 Å². The first kappa shape index (κ1) is 25.4. The van der Waals surface area contributed by atoms with Crippen molar-refractivity contribution in [1.29, 1.82) is 0 Å². The third-order valence-electron chi connectivity index (χ3n) is 7.05. The Bertz CT molecular complexity index is 900. The number of nitrogens with zero attached hydrogens (tertiary/aromatic N) is 3. The van der Waals surface area contributed by atoms with Crippen molar-refractivity contribution in [2.45, 2.75) is 50.0 Å². The topological polar surface area (TPSA) is 82.2 Å². The normalized spacial score (nSPS) is 23.7. The summed E-state index contributed by atoms with van der Waals surface area (Å²) in [6.45, 7) is 3.17. The van der Waals surface area contributed by atoms with E-state index in [0.717, 1.165) is 32.2 Å². The summed E-state index contributed by atoms with van der Waals surface area (Å²) in [5.41, 5.74) is -0.143. The lowest BCUT2D eigenvalue weighted by atomic mass is 9.97. The number of hydrogen-bond acceptors (Lipinski definition) is 5. The van der Waals surface area contributed by atoms with Gasteiger partial charge in [0, 0.05) is 52.0 Å². The van der Waals surface area contributed by atoms with Crippen LogP contribution in [0.2, 0.25) is 0 Å². The van der Waals surface area contributed by atoms with Crippen LogP contribution in [0.15, 0.2) is 30.3 Å². The summed E-state index contributed by atoms with van der Waals surface area (Å²) in [7, 11) is 0. The van der Waals surface area contributed by atoms with E-state index < -0.39 is 24.0 Å². The number of carbonyl (C=O) groups excluding carboxylic acids is 3. The van der Waals surface area contributed by atoms with Crippen LogP contribution in [-0.4, -0.2) is 96.6 Å². The van der Waals surface area contributed by atoms with Gasteiger partial charge in [0.25, 0.3) is 0 Å². The zero-order valence-electron chi connectivity index (χ0n) is 19.5. The smallest absolute Gasteiger partial charge is 0.381 e. The molecule has 3 aliphatic heterocycles. The molecule has 1 aromatic rings. The van der Waals surface area contributed by atoms with Crippen molar-refractivity contribution in [3.8, 4) is 0 Å². The predicted molar refractivity (Wildman–Crippen MR) is 120 cm³/mol. The predicted octanol–water partition coefficient (Wildman–Crippen LogP) is 1.72. The van der Waals surface area contributed by atoms with E-state index in [-0.39, 0.29) is 36.6 Å². The molecule has 0 radical (unpaired) electrons. The number of hydrogen-bond donors (Lipinski definition) is 1. The number of likely N-dealkylation sites (tertiary alicyclic amines) is 1. The highest BCUT2D eigenvalue weighted by Crippen LogP contribution is 2.32. The average Bonchev–Trinajstić information content (AvgIpc) is 2.87. The van der Waals surface area contributed by atoms with Gasteiger partial charge in [-0.05, 0) is 31.2 Å². The number of carbonyl (C=O) groups is 3. The zero-order valence-corrected chi connectivity index (χ0v) is 19.5. The summed E-state index contributed by atoms with van der Waals surface area (Å²) in [5.74, 6) is -2.19. The molecule has 0 aliphatic carbocycles. The van der Waals surface area contributed by atoms with Crippen LogP contribution in [0, 0.1) is 0 Å². The van der Waals surface area contributed by atoms with Crippen molar-refractivity contribution in [3.05, 3.63) is 35.9 Å². The minimum Gasteiger partial charge on any atom is -0.381 e. The van der Waals surface area contributed by atoms with Gasteiger partial charge in [0.1, 0.15) is 0 Å². The number of piperazine rings is 1. The monoisotopic (exact) mass is 496 g/mol. The number of benzene rings is 1. The van der Waals surface area contributed by atoms with Crippen molar-refractivity contribution in [2.24, 2.45) is 0 Å². The van der Waals surface area contributed by atoms with Crippen LogP contribution in [0.1, 0.15) is 37.3 Å². The van der Waals surface area contributed by atoms with E-state index in [9.17, 15) is 27.6 Å². The molecule has 0 bridgehead atoms. The molecule has 35 heavy (non-hydrogen) atoms. The van der Waals surface area contributed by atoms with Crippen LogP contribution in [0.5, 0.6) is 0 Å². The Balaban J connectivity index is 1.32. The Morgan fingerprint density at radius 1 is 0.971 bits per heavy atom. The van der Waals surface area contributed by atoms with Gasteiger partial charge in [0.05, 0.1) is 6.04 Å². The van der Waals surface area contributed by atoms with E-state index in [1.807, 2.05) is 15.1 Å². The average molecular weight is 497 g/mol. The molecule has 192 valence electrons. The fourth-order valence-electron chi connectivity index (χ4n) is 5.15. The van der Waals surface area contributed by atoms with E-state index in [0.29, 0.717) is 26.3 Å². The van der Waals surface area contributed by atoms with Crippen molar-refractivity contribution in [2.75, 3.05) is 45.9 Å². The third kappa shape index (κ3) is 5.95. The van der Waals surface area contributed by atoms with Gasteiger partial charge in [-0.25, -0.2) is 0 Å². The number of amides is 3. The molecule has 1 aromatic carbocycles. The van der Waals surface area contributed by atoms with Crippen LogP contribution in [0.4, 0.5) is 13.2 Å². The molecule has 2 atom stereocenters. The highest BCUT2D eigenvalue weighted by atomic mass is 19.4. The molecule has 3 saturated heterocycles. The van der Waals surface area contributed by atoms with Gasteiger partial charge in [0.2, 0.25) is 5.91 Å². The van der Waals surface area contributed by atoms with E-state index in [4.69, 9.17) is 4.74 Å². The molecule has 8 nitrogen and oxygen atoms in total. The molecule has 0 saturated carbocycles. The molecule has 2 unspecified atom stereocenters. The summed E-state index contributed by atoms with van der Waals surface area (Å²) in [5, 5.41) is 1.85. The molecule has 0 aromatic heterocycles. The Labute approximate surface area is 202 Å². The number of rotatable bonds is 4. The van der Waals surface area contributed by atoms with Crippen molar-refractivity contribution in [1.82, 2.24) is 20.0 Å². The lowest BCUT2D eigenvalue weighted by Gasteiger charge is -2.45. The maximum Gasteiger partial charge on any atom is 0.412 e. The Morgan fingerprint density at radius 3 is 2.26 bits per heavy atom. The Hall–Kier alpha value is -2.66. The standard InChI is InChI=1S/C24H31F3N4O4/c25-24(26,27)20(17-5-2-1-3-6-17)28-21(32)23(34)30-13-11-29(12-14-30)19-7-4-10-31(22(19)33)18-8-15-35-16-9-18/h1-3,5-6,18-20H,4,7-16H2,(H,28,32). The fourth-order valence-corrected chi connectivity index (χ4v) is 5.15. The first-order valence-corrected chi connectivity index (χ1v) is 12.1. The highest BCUT2D eigenvalue weighted by Gasteiger charge is 2.44. The van der Waals surface area contributed by atoms with Crippen LogP contribution in [-0.2, 0) is 19.1 Å². The maximum absolute atomic E-state index is 13.5. The van der Waals surface area contributed by atoms with Crippen LogP contribution in [0.3, 0.4) is 0 Å². The lowest BCUT2D eigenvalue weighted by molar-refractivity contribution is -0.166. The summed E-state index contributed by atoms with van der Waals surface area (Å²) >= 11 is 0. The first-order chi connectivity index (χ1) is 16.8. The first-order valence-electron chi connectivity index (χ1n) is 12.1. The molecule has 3 amide bonds. The molecule has 11 heteroatoms.